The number of carboxylic acids is 1. The van der Waals surface area contributed by atoms with Crippen LogP contribution in [-0.4, -0.2) is 77.3 Å². The lowest BCUT2D eigenvalue weighted by Crippen LogP contribution is -2.44. The van der Waals surface area contributed by atoms with Gasteiger partial charge >= 0.3 is 13.1 Å². The summed E-state index contributed by atoms with van der Waals surface area (Å²) in [6.45, 7) is 3.55. The lowest BCUT2D eigenvalue weighted by atomic mass is 9.80. The number of rotatable bonds is 7. The molecule has 0 aliphatic carbocycles. The molecule has 0 radical (unpaired) electrons. The van der Waals surface area contributed by atoms with E-state index in [2.05, 4.69) is 16.8 Å². The fourth-order valence-electron chi connectivity index (χ4n) is 3.92. The highest BCUT2D eigenvalue weighted by Crippen LogP contribution is 2.29. The predicted molar refractivity (Wildman–Crippen MR) is 85.6 cm³/mol. The Morgan fingerprint density at radius 2 is 2.05 bits per heavy atom. The minimum absolute atomic E-state index is 0.130. The summed E-state index contributed by atoms with van der Waals surface area (Å²) in [6, 6.07) is 0.543. The predicted octanol–water partition coefficient (Wildman–Crippen LogP) is 0.356. The minimum Gasteiger partial charge on any atom is -0.481 e. The Balaban J connectivity index is 1.84. The molecule has 0 saturated carbocycles. The molecule has 3 N–H and O–H groups in total. The summed E-state index contributed by atoms with van der Waals surface area (Å²) in [7, 11) is 0.881. The van der Waals surface area contributed by atoms with E-state index in [4.69, 9.17) is 10.0 Å². The first-order valence-corrected chi connectivity index (χ1v) is 8.49. The van der Waals surface area contributed by atoms with Gasteiger partial charge in [-0.25, -0.2) is 0 Å². The van der Waals surface area contributed by atoms with E-state index >= 15 is 0 Å². The first kappa shape index (κ1) is 17.7. The second-order valence-electron chi connectivity index (χ2n) is 6.97. The van der Waals surface area contributed by atoms with Crippen LogP contribution in [0.4, 0.5) is 0 Å². The van der Waals surface area contributed by atoms with E-state index in [9.17, 15) is 9.90 Å². The zero-order valence-corrected chi connectivity index (χ0v) is 13.5. The van der Waals surface area contributed by atoms with E-state index in [-0.39, 0.29) is 11.8 Å². The van der Waals surface area contributed by atoms with Crippen LogP contribution in [0.3, 0.4) is 0 Å². The third-order valence-electron chi connectivity index (χ3n) is 5.26. The van der Waals surface area contributed by atoms with Gasteiger partial charge in [-0.3, -0.25) is 4.79 Å². The van der Waals surface area contributed by atoms with Crippen LogP contribution in [-0.2, 0) is 4.79 Å². The van der Waals surface area contributed by atoms with E-state index in [1.54, 1.807) is 0 Å². The van der Waals surface area contributed by atoms with Crippen molar-refractivity contribution in [3.05, 3.63) is 0 Å². The quantitative estimate of drug-likeness (QED) is 0.589. The summed E-state index contributed by atoms with van der Waals surface area (Å²) >= 11 is 0. The monoisotopic (exact) mass is 312 g/mol. The number of hydrogen-bond acceptors (Lipinski definition) is 5. The Morgan fingerprint density at radius 1 is 1.27 bits per heavy atom. The molecule has 2 saturated heterocycles. The maximum Gasteiger partial charge on any atom is 0.451 e. The van der Waals surface area contributed by atoms with Crippen molar-refractivity contribution < 1.29 is 19.9 Å². The van der Waals surface area contributed by atoms with Gasteiger partial charge in [0.2, 0.25) is 0 Å². The van der Waals surface area contributed by atoms with Gasteiger partial charge in [0.1, 0.15) is 0 Å². The van der Waals surface area contributed by atoms with Crippen molar-refractivity contribution in [3.8, 4) is 0 Å². The SMILES string of the molecule is CN1CCCCC1CN1C[C@H](CCCB(O)O)[C@H](C(=O)O)C1. The van der Waals surface area contributed by atoms with Crippen molar-refractivity contribution >= 4 is 13.1 Å². The van der Waals surface area contributed by atoms with Crippen molar-refractivity contribution in [2.24, 2.45) is 11.8 Å². The van der Waals surface area contributed by atoms with Crippen LogP contribution in [0.1, 0.15) is 32.1 Å². The Labute approximate surface area is 133 Å². The molecule has 0 bridgehead atoms. The smallest absolute Gasteiger partial charge is 0.451 e. The maximum atomic E-state index is 11.5. The second kappa shape index (κ2) is 8.29. The fourth-order valence-corrected chi connectivity index (χ4v) is 3.92. The molecule has 0 aromatic rings. The van der Waals surface area contributed by atoms with Crippen molar-refractivity contribution in [1.29, 1.82) is 0 Å². The average molecular weight is 312 g/mol. The molecule has 2 aliphatic rings. The van der Waals surface area contributed by atoms with E-state index in [0.29, 0.717) is 25.3 Å². The second-order valence-corrected chi connectivity index (χ2v) is 6.97. The summed E-state index contributed by atoms with van der Waals surface area (Å²) in [5, 5.41) is 27.3. The molecule has 2 fully saturated rings. The zero-order valence-electron chi connectivity index (χ0n) is 13.5. The Bertz CT molecular complexity index is 369. The maximum absolute atomic E-state index is 11.5. The highest BCUT2D eigenvalue weighted by molar-refractivity contribution is 6.40. The molecule has 2 aliphatic heterocycles. The largest absolute Gasteiger partial charge is 0.481 e. The normalized spacial score (nSPS) is 30.6. The van der Waals surface area contributed by atoms with Crippen LogP contribution >= 0.6 is 0 Å². The van der Waals surface area contributed by atoms with Crippen LogP contribution in [0.25, 0.3) is 0 Å². The first-order valence-electron chi connectivity index (χ1n) is 8.49. The molecule has 7 heteroatoms. The molecular formula is C15H29BN2O4. The molecule has 22 heavy (non-hydrogen) atoms. The number of hydrogen-bond donors (Lipinski definition) is 3. The number of aliphatic carboxylic acids is 1. The van der Waals surface area contributed by atoms with Crippen LogP contribution in [0.5, 0.6) is 0 Å². The fraction of sp³-hybridized carbons (Fsp3) is 0.933. The molecule has 126 valence electrons. The summed E-state index contributed by atoms with van der Waals surface area (Å²) in [5.74, 6) is -0.899. The van der Waals surface area contributed by atoms with Gasteiger partial charge in [0.15, 0.2) is 0 Å². The van der Waals surface area contributed by atoms with Gasteiger partial charge in [-0.1, -0.05) is 12.8 Å². The summed E-state index contributed by atoms with van der Waals surface area (Å²) < 4.78 is 0. The van der Waals surface area contributed by atoms with Gasteiger partial charge in [0.05, 0.1) is 5.92 Å². The molecule has 0 aromatic carbocycles. The van der Waals surface area contributed by atoms with Crippen LogP contribution < -0.4 is 0 Å². The summed E-state index contributed by atoms with van der Waals surface area (Å²) in [6.07, 6.45) is 5.48. The minimum atomic E-state index is -1.28. The van der Waals surface area contributed by atoms with E-state index in [0.717, 1.165) is 26.1 Å². The van der Waals surface area contributed by atoms with Gasteiger partial charge in [0.25, 0.3) is 0 Å². The van der Waals surface area contributed by atoms with Gasteiger partial charge in [-0.15, -0.1) is 0 Å². The van der Waals surface area contributed by atoms with Crippen LogP contribution in [0, 0.1) is 11.8 Å². The molecule has 2 heterocycles. The van der Waals surface area contributed by atoms with Gasteiger partial charge in [-0.2, -0.15) is 0 Å². The van der Waals surface area contributed by atoms with E-state index in [1.165, 1.54) is 19.3 Å². The number of likely N-dealkylation sites (N-methyl/N-ethyl adjacent to an activating group) is 1. The first-order chi connectivity index (χ1) is 10.5. The Kier molecular flexibility index (Phi) is 6.68. The summed E-state index contributed by atoms with van der Waals surface area (Å²) in [4.78, 5) is 16.2. The number of piperidine rings is 1. The van der Waals surface area contributed by atoms with Crippen molar-refractivity contribution in [2.75, 3.05) is 33.2 Å². The molecule has 2 rings (SSSR count). The molecular weight excluding hydrogens is 283 g/mol. The van der Waals surface area contributed by atoms with E-state index in [1.807, 2.05) is 0 Å². The van der Waals surface area contributed by atoms with Crippen molar-refractivity contribution in [1.82, 2.24) is 9.80 Å². The van der Waals surface area contributed by atoms with Gasteiger partial charge < -0.3 is 25.0 Å². The molecule has 6 nitrogen and oxygen atoms in total. The number of likely N-dealkylation sites (tertiary alicyclic amines) is 2. The molecule has 0 aromatic heterocycles. The average Bonchev–Trinajstić information content (AvgIpc) is 2.84. The third kappa shape index (κ3) is 4.94. The number of carbonyl (C=O) groups is 1. The lowest BCUT2D eigenvalue weighted by molar-refractivity contribution is -0.142. The summed E-state index contributed by atoms with van der Waals surface area (Å²) in [5.41, 5.74) is 0. The number of carboxylic acid groups (broad SMARTS) is 1. The Morgan fingerprint density at radius 3 is 2.68 bits per heavy atom. The molecule has 3 atom stereocenters. The highest BCUT2D eigenvalue weighted by atomic mass is 16.4. The van der Waals surface area contributed by atoms with Crippen LogP contribution in [0.15, 0.2) is 0 Å². The third-order valence-corrected chi connectivity index (χ3v) is 5.26. The van der Waals surface area contributed by atoms with Crippen LogP contribution in [0.2, 0.25) is 6.32 Å². The van der Waals surface area contributed by atoms with Gasteiger partial charge in [-0.05, 0) is 45.1 Å². The molecule has 1 unspecified atom stereocenters. The topological polar surface area (TPSA) is 84.2 Å². The zero-order chi connectivity index (χ0) is 16.1. The highest BCUT2D eigenvalue weighted by Gasteiger charge is 2.38. The standard InChI is InChI=1S/C15H29BN2O4/c1-17-8-3-2-6-13(17)10-18-9-12(5-4-7-16(21)22)14(11-18)15(19)20/h12-14,21-22H,2-11H2,1H3,(H,19,20)/t12-,13?,14+/m0/s1. The van der Waals surface area contributed by atoms with Crippen molar-refractivity contribution in [3.63, 3.8) is 0 Å². The van der Waals surface area contributed by atoms with Gasteiger partial charge in [0, 0.05) is 25.7 Å². The molecule has 0 spiro atoms. The lowest BCUT2D eigenvalue weighted by Gasteiger charge is -2.35. The van der Waals surface area contributed by atoms with Crippen molar-refractivity contribution in [2.45, 2.75) is 44.5 Å². The van der Waals surface area contributed by atoms with E-state index < -0.39 is 13.1 Å². The number of nitrogens with zero attached hydrogens (tertiary/aromatic N) is 2. The molecule has 0 amide bonds. The Hall–Kier alpha value is -0.625.